The van der Waals surface area contributed by atoms with Crippen molar-refractivity contribution in [2.24, 2.45) is 0 Å². The van der Waals surface area contributed by atoms with Gasteiger partial charge in [0.05, 0.1) is 38.2 Å². The van der Waals surface area contributed by atoms with E-state index >= 15 is 0 Å². The number of rotatable bonds is 6. The lowest BCUT2D eigenvalue weighted by molar-refractivity contribution is -0.148. The van der Waals surface area contributed by atoms with Gasteiger partial charge in [0.1, 0.15) is 11.3 Å². The number of para-hydroxylation sites is 1. The number of carbonyl (C=O) groups excluding carboxylic acids is 2. The molecule has 0 radical (unpaired) electrons. The SMILES string of the molecule is COC(=O)COc1cc([C@H]2c3c(c4ccccc4oc3=O)O[C@H]2C(=O)OC)ccc1OC. The second kappa shape index (κ2) is 8.62. The Morgan fingerprint density at radius 1 is 1.00 bits per heavy atom. The Kier molecular flexibility index (Phi) is 5.72. The number of esters is 2. The second-order valence-electron chi connectivity index (χ2n) is 6.94. The van der Waals surface area contributed by atoms with E-state index in [1.54, 1.807) is 42.5 Å². The molecule has 166 valence electrons. The van der Waals surface area contributed by atoms with Crippen molar-refractivity contribution in [2.45, 2.75) is 12.0 Å². The molecule has 1 aliphatic heterocycles. The summed E-state index contributed by atoms with van der Waals surface area (Å²) in [5, 5.41) is 0.564. The molecule has 0 aliphatic carbocycles. The molecule has 0 bridgehead atoms. The second-order valence-corrected chi connectivity index (χ2v) is 6.94. The molecule has 0 saturated heterocycles. The van der Waals surface area contributed by atoms with Crippen molar-refractivity contribution in [1.82, 2.24) is 0 Å². The van der Waals surface area contributed by atoms with Crippen LogP contribution in [0, 0.1) is 0 Å². The number of ether oxygens (including phenoxy) is 5. The van der Waals surface area contributed by atoms with E-state index < -0.39 is 29.6 Å². The maximum Gasteiger partial charge on any atom is 0.348 e. The lowest BCUT2D eigenvalue weighted by Gasteiger charge is -2.18. The van der Waals surface area contributed by atoms with Crippen molar-refractivity contribution in [3.63, 3.8) is 0 Å². The van der Waals surface area contributed by atoms with E-state index in [-0.39, 0.29) is 23.7 Å². The quantitative estimate of drug-likeness (QED) is 0.421. The lowest BCUT2D eigenvalue weighted by Crippen LogP contribution is -2.31. The molecule has 32 heavy (non-hydrogen) atoms. The average Bonchev–Trinajstić information content (AvgIpc) is 3.23. The standard InChI is InChI=1S/C23H20O9/c1-27-15-9-8-12(10-16(15)30-11-17(24)28-2)18-19-20(32-21(18)23(26)29-3)13-6-4-5-7-14(13)31-22(19)25/h4-10,18,21H,11H2,1-3H3/t18-,21+/m0/s1. The van der Waals surface area contributed by atoms with Gasteiger partial charge in [-0.2, -0.15) is 0 Å². The van der Waals surface area contributed by atoms with Crippen LogP contribution in [0.5, 0.6) is 17.2 Å². The van der Waals surface area contributed by atoms with E-state index in [2.05, 4.69) is 4.74 Å². The van der Waals surface area contributed by atoms with Gasteiger partial charge in [-0.3, -0.25) is 0 Å². The van der Waals surface area contributed by atoms with Crippen molar-refractivity contribution in [2.75, 3.05) is 27.9 Å². The highest BCUT2D eigenvalue weighted by Gasteiger charge is 2.45. The zero-order valence-corrected chi connectivity index (χ0v) is 17.6. The van der Waals surface area contributed by atoms with Crippen LogP contribution in [0.3, 0.4) is 0 Å². The summed E-state index contributed by atoms with van der Waals surface area (Å²) >= 11 is 0. The minimum Gasteiger partial charge on any atom is -0.493 e. The summed E-state index contributed by atoms with van der Waals surface area (Å²) in [5.74, 6) is -1.20. The minimum absolute atomic E-state index is 0.197. The Bertz CT molecular complexity index is 1240. The zero-order chi connectivity index (χ0) is 22.8. The predicted molar refractivity (Wildman–Crippen MR) is 111 cm³/mol. The van der Waals surface area contributed by atoms with E-state index in [4.69, 9.17) is 23.4 Å². The smallest absolute Gasteiger partial charge is 0.348 e. The molecule has 1 aromatic heterocycles. The van der Waals surface area contributed by atoms with Gasteiger partial charge in [0.2, 0.25) is 6.10 Å². The molecule has 0 fully saturated rings. The fourth-order valence-electron chi connectivity index (χ4n) is 3.71. The van der Waals surface area contributed by atoms with Crippen LogP contribution in [0.15, 0.2) is 51.7 Å². The Balaban J connectivity index is 1.86. The Hall–Kier alpha value is -4.01. The maximum absolute atomic E-state index is 12.9. The van der Waals surface area contributed by atoms with Crippen LogP contribution in [0.25, 0.3) is 11.0 Å². The molecular formula is C23H20O9. The molecule has 0 unspecified atom stereocenters. The van der Waals surface area contributed by atoms with Crippen LogP contribution < -0.4 is 19.8 Å². The van der Waals surface area contributed by atoms with Crippen molar-refractivity contribution in [1.29, 1.82) is 0 Å². The van der Waals surface area contributed by atoms with Gasteiger partial charge in [0.25, 0.3) is 0 Å². The fourth-order valence-corrected chi connectivity index (χ4v) is 3.71. The first-order valence-corrected chi connectivity index (χ1v) is 9.66. The molecule has 0 N–H and O–H groups in total. The largest absolute Gasteiger partial charge is 0.493 e. The van der Waals surface area contributed by atoms with E-state index in [9.17, 15) is 14.4 Å². The third kappa shape index (κ3) is 3.62. The van der Waals surface area contributed by atoms with E-state index in [1.165, 1.54) is 21.3 Å². The van der Waals surface area contributed by atoms with Gasteiger partial charge in [-0.05, 0) is 29.8 Å². The van der Waals surface area contributed by atoms with Crippen LogP contribution in [-0.4, -0.2) is 46.0 Å². The first kappa shape index (κ1) is 21.2. The first-order chi connectivity index (χ1) is 15.5. The number of carbonyl (C=O) groups is 2. The van der Waals surface area contributed by atoms with Crippen LogP contribution >= 0.6 is 0 Å². The summed E-state index contributed by atoms with van der Waals surface area (Å²) in [7, 11) is 3.94. The lowest BCUT2D eigenvalue weighted by atomic mass is 9.88. The molecule has 9 nitrogen and oxygen atoms in total. The van der Waals surface area contributed by atoms with Crippen molar-refractivity contribution in [3.8, 4) is 17.2 Å². The molecule has 0 amide bonds. The minimum atomic E-state index is -1.12. The summed E-state index contributed by atoms with van der Waals surface area (Å²) in [6, 6.07) is 11.8. The van der Waals surface area contributed by atoms with E-state index in [0.717, 1.165) is 0 Å². The summed E-state index contributed by atoms with van der Waals surface area (Å²) < 4.78 is 31.8. The molecule has 0 saturated carbocycles. The highest BCUT2D eigenvalue weighted by molar-refractivity contribution is 5.88. The summed E-state index contributed by atoms with van der Waals surface area (Å²) in [5.41, 5.74) is 0.436. The Morgan fingerprint density at radius 2 is 1.78 bits per heavy atom. The number of methoxy groups -OCH3 is 3. The average molecular weight is 440 g/mol. The first-order valence-electron chi connectivity index (χ1n) is 9.66. The predicted octanol–water partition coefficient (Wildman–Crippen LogP) is 2.42. The normalized spacial score (nSPS) is 16.7. The highest BCUT2D eigenvalue weighted by atomic mass is 16.6. The number of benzene rings is 2. The van der Waals surface area contributed by atoms with Gasteiger partial charge in [0, 0.05) is 0 Å². The molecule has 2 aromatic carbocycles. The third-order valence-electron chi connectivity index (χ3n) is 5.21. The van der Waals surface area contributed by atoms with Gasteiger partial charge in [0.15, 0.2) is 18.1 Å². The summed E-state index contributed by atoms with van der Waals surface area (Å²) in [4.78, 5) is 37.0. The van der Waals surface area contributed by atoms with Gasteiger partial charge < -0.3 is 28.1 Å². The molecule has 2 atom stereocenters. The maximum atomic E-state index is 12.9. The molecule has 0 spiro atoms. The van der Waals surface area contributed by atoms with Gasteiger partial charge in [-0.1, -0.05) is 18.2 Å². The van der Waals surface area contributed by atoms with E-state index in [0.29, 0.717) is 22.3 Å². The number of hydrogen-bond donors (Lipinski definition) is 0. The molecule has 3 aromatic rings. The molecule has 2 heterocycles. The van der Waals surface area contributed by atoms with E-state index in [1.807, 2.05) is 0 Å². The summed E-state index contributed by atoms with van der Waals surface area (Å²) in [6.07, 6.45) is -1.12. The van der Waals surface area contributed by atoms with Crippen LogP contribution in [0.2, 0.25) is 0 Å². The zero-order valence-electron chi connectivity index (χ0n) is 17.6. The van der Waals surface area contributed by atoms with Crippen LogP contribution in [0.1, 0.15) is 17.0 Å². The molecule has 9 heteroatoms. The fraction of sp³-hybridized carbons (Fsp3) is 0.261. The van der Waals surface area contributed by atoms with Gasteiger partial charge in [-0.25, -0.2) is 14.4 Å². The van der Waals surface area contributed by atoms with Gasteiger partial charge >= 0.3 is 17.6 Å². The third-order valence-corrected chi connectivity index (χ3v) is 5.21. The monoisotopic (exact) mass is 440 g/mol. The van der Waals surface area contributed by atoms with Crippen LogP contribution in [0.4, 0.5) is 0 Å². The van der Waals surface area contributed by atoms with Gasteiger partial charge in [-0.15, -0.1) is 0 Å². The van der Waals surface area contributed by atoms with Crippen LogP contribution in [-0.2, 0) is 19.1 Å². The molecule has 4 rings (SSSR count). The topological polar surface area (TPSA) is 111 Å². The van der Waals surface area contributed by atoms with Crippen molar-refractivity contribution in [3.05, 3.63) is 64.0 Å². The Labute approximate surface area is 182 Å². The molecular weight excluding hydrogens is 420 g/mol. The number of hydrogen-bond acceptors (Lipinski definition) is 9. The van der Waals surface area contributed by atoms with Crippen molar-refractivity contribution < 1.29 is 37.7 Å². The highest BCUT2D eigenvalue weighted by Crippen LogP contribution is 2.46. The molecule has 1 aliphatic rings. The summed E-state index contributed by atoms with van der Waals surface area (Å²) in [6.45, 7) is -0.346. The number of fused-ring (bicyclic) bond motifs is 3. The Morgan fingerprint density at radius 3 is 2.50 bits per heavy atom. The van der Waals surface area contributed by atoms with Crippen molar-refractivity contribution >= 4 is 22.9 Å².